The summed E-state index contributed by atoms with van der Waals surface area (Å²) in [6, 6.07) is 0.605. The van der Waals surface area contributed by atoms with Crippen LogP contribution in [0.2, 0.25) is 0 Å². The minimum atomic E-state index is 0.226. The van der Waals surface area contributed by atoms with Crippen LogP contribution in [-0.4, -0.2) is 67.7 Å². The Kier molecular flexibility index (Phi) is 4.15. The van der Waals surface area contributed by atoms with Crippen molar-refractivity contribution in [2.75, 3.05) is 45.9 Å². The molecule has 2 fully saturated rings. The van der Waals surface area contributed by atoms with Gasteiger partial charge in [0.25, 0.3) is 0 Å². The third kappa shape index (κ3) is 3.17. The van der Waals surface area contributed by atoms with Crippen LogP contribution >= 0.6 is 0 Å². The first-order valence-electron chi connectivity index (χ1n) is 6.11. The number of rotatable bonds is 5. The number of nitrogens with two attached hydrogens (primary N) is 1. The van der Waals surface area contributed by atoms with Gasteiger partial charge in [-0.05, 0) is 12.8 Å². The minimum Gasteiger partial charge on any atom is -0.378 e. The molecule has 2 aliphatic rings. The Labute approximate surface area is 96.5 Å². The zero-order chi connectivity index (χ0) is 11.4. The van der Waals surface area contributed by atoms with Gasteiger partial charge in [-0.25, -0.2) is 0 Å². The molecule has 1 saturated carbocycles. The van der Waals surface area contributed by atoms with E-state index in [0.29, 0.717) is 32.3 Å². The van der Waals surface area contributed by atoms with E-state index in [9.17, 15) is 4.79 Å². The second kappa shape index (κ2) is 5.61. The van der Waals surface area contributed by atoms with E-state index in [-0.39, 0.29) is 5.91 Å². The van der Waals surface area contributed by atoms with Gasteiger partial charge in [0.1, 0.15) is 0 Å². The van der Waals surface area contributed by atoms with Crippen LogP contribution in [0.1, 0.15) is 12.8 Å². The molecule has 1 aliphatic carbocycles. The average Bonchev–Trinajstić information content (AvgIpc) is 3.13. The van der Waals surface area contributed by atoms with Crippen molar-refractivity contribution < 1.29 is 9.53 Å². The molecule has 5 nitrogen and oxygen atoms in total. The molecule has 0 bridgehead atoms. The third-order valence-electron chi connectivity index (χ3n) is 3.18. The van der Waals surface area contributed by atoms with E-state index in [4.69, 9.17) is 10.5 Å². The van der Waals surface area contributed by atoms with Crippen LogP contribution in [0.4, 0.5) is 0 Å². The predicted octanol–water partition coefficient (Wildman–Crippen LogP) is -0.732. The van der Waals surface area contributed by atoms with Crippen molar-refractivity contribution in [2.45, 2.75) is 18.9 Å². The lowest BCUT2D eigenvalue weighted by atomic mass is 10.3. The summed E-state index contributed by atoms with van der Waals surface area (Å²) in [5.74, 6) is 0.226. The summed E-state index contributed by atoms with van der Waals surface area (Å²) in [7, 11) is 0. The fourth-order valence-corrected chi connectivity index (χ4v) is 2.08. The smallest absolute Gasteiger partial charge is 0.236 e. The molecule has 1 aliphatic heterocycles. The van der Waals surface area contributed by atoms with Gasteiger partial charge >= 0.3 is 0 Å². The van der Waals surface area contributed by atoms with E-state index in [1.807, 2.05) is 4.90 Å². The van der Waals surface area contributed by atoms with Gasteiger partial charge < -0.3 is 15.4 Å². The summed E-state index contributed by atoms with van der Waals surface area (Å²) in [6.45, 7) is 4.81. The molecule has 1 amide bonds. The van der Waals surface area contributed by atoms with Crippen molar-refractivity contribution in [1.82, 2.24) is 9.80 Å². The quantitative estimate of drug-likeness (QED) is 0.672. The number of amides is 1. The highest BCUT2D eigenvalue weighted by molar-refractivity contribution is 5.78. The molecule has 5 heteroatoms. The molecule has 2 rings (SSSR count). The number of nitrogens with zero attached hydrogens (tertiary/aromatic N) is 2. The van der Waals surface area contributed by atoms with Crippen molar-refractivity contribution in [3.05, 3.63) is 0 Å². The summed E-state index contributed by atoms with van der Waals surface area (Å²) in [5.41, 5.74) is 5.56. The van der Waals surface area contributed by atoms with Gasteiger partial charge in [0, 0.05) is 32.2 Å². The van der Waals surface area contributed by atoms with E-state index in [0.717, 1.165) is 19.6 Å². The van der Waals surface area contributed by atoms with Gasteiger partial charge in [0.15, 0.2) is 0 Å². The Morgan fingerprint density at radius 1 is 1.38 bits per heavy atom. The summed E-state index contributed by atoms with van der Waals surface area (Å²) in [6.07, 6.45) is 2.44. The third-order valence-corrected chi connectivity index (χ3v) is 3.18. The van der Waals surface area contributed by atoms with Crippen LogP contribution < -0.4 is 5.73 Å². The number of ether oxygens (including phenoxy) is 1. The Bertz CT molecular complexity index is 237. The van der Waals surface area contributed by atoms with E-state index in [1.165, 1.54) is 12.8 Å². The zero-order valence-electron chi connectivity index (χ0n) is 9.73. The van der Waals surface area contributed by atoms with Gasteiger partial charge in [0.05, 0.1) is 19.8 Å². The maximum absolute atomic E-state index is 12.0. The van der Waals surface area contributed by atoms with Crippen molar-refractivity contribution in [3.8, 4) is 0 Å². The van der Waals surface area contributed by atoms with Crippen LogP contribution in [0.5, 0.6) is 0 Å². The maximum Gasteiger partial charge on any atom is 0.236 e. The van der Waals surface area contributed by atoms with Gasteiger partial charge in [-0.2, -0.15) is 0 Å². The molecule has 16 heavy (non-hydrogen) atoms. The number of hydrogen-bond acceptors (Lipinski definition) is 4. The second-order valence-corrected chi connectivity index (χ2v) is 4.48. The molecular formula is C11H21N3O2. The van der Waals surface area contributed by atoms with Crippen LogP contribution in [0, 0.1) is 0 Å². The fraction of sp³-hybridized carbons (Fsp3) is 0.909. The van der Waals surface area contributed by atoms with E-state index in [1.54, 1.807) is 0 Å². The molecule has 0 aromatic heterocycles. The molecule has 0 radical (unpaired) electrons. The maximum atomic E-state index is 12.0. The standard InChI is InChI=1S/C11H21N3O2/c12-3-4-14(10-1-2-10)9-11(15)13-5-7-16-8-6-13/h10H,1-9,12H2. The normalized spacial score (nSPS) is 21.5. The average molecular weight is 227 g/mol. The summed E-state index contributed by atoms with van der Waals surface area (Å²) in [5, 5.41) is 0. The first-order chi connectivity index (χ1) is 7.81. The zero-order valence-corrected chi connectivity index (χ0v) is 9.73. The molecule has 0 aromatic carbocycles. The highest BCUT2D eigenvalue weighted by Crippen LogP contribution is 2.26. The van der Waals surface area contributed by atoms with Crippen molar-refractivity contribution in [3.63, 3.8) is 0 Å². The number of hydrogen-bond donors (Lipinski definition) is 1. The van der Waals surface area contributed by atoms with Gasteiger partial charge in [0.2, 0.25) is 5.91 Å². The van der Waals surface area contributed by atoms with Crippen LogP contribution in [0.15, 0.2) is 0 Å². The van der Waals surface area contributed by atoms with Crippen LogP contribution in [0.25, 0.3) is 0 Å². The summed E-state index contributed by atoms with van der Waals surface area (Å²) in [4.78, 5) is 16.1. The van der Waals surface area contributed by atoms with Gasteiger partial charge in [-0.1, -0.05) is 0 Å². The Hall–Kier alpha value is -0.650. The molecule has 1 heterocycles. The number of carbonyl (C=O) groups is 1. The molecule has 0 unspecified atom stereocenters. The molecule has 0 aromatic rings. The number of morpholine rings is 1. The highest BCUT2D eigenvalue weighted by atomic mass is 16.5. The molecule has 92 valence electrons. The first-order valence-corrected chi connectivity index (χ1v) is 6.11. The van der Waals surface area contributed by atoms with Crippen LogP contribution in [-0.2, 0) is 9.53 Å². The first kappa shape index (κ1) is 11.8. The van der Waals surface area contributed by atoms with Gasteiger partial charge in [-0.3, -0.25) is 9.69 Å². The SMILES string of the molecule is NCCN(CC(=O)N1CCOCC1)C1CC1. The summed E-state index contributed by atoms with van der Waals surface area (Å²) < 4.78 is 5.23. The minimum absolute atomic E-state index is 0.226. The Morgan fingerprint density at radius 2 is 2.06 bits per heavy atom. The van der Waals surface area contributed by atoms with Crippen molar-refractivity contribution >= 4 is 5.91 Å². The molecule has 0 spiro atoms. The second-order valence-electron chi connectivity index (χ2n) is 4.48. The lowest BCUT2D eigenvalue weighted by molar-refractivity contribution is -0.136. The summed E-state index contributed by atoms with van der Waals surface area (Å²) >= 11 is 0. The highest BCUT2D eigenvalue weighted by Gasteiger charge is 2.30. The Balaban J connectivity index is 1.79. The van der Waals surface area contributed by atoms with Crippen LogP contribution in [0.3, 0.4) is 0 Å². The molecule has 0 atom stereocenters. The topological polar surface area (TPSA) is 58.8 Å². The van der Waals surface area contributed by atoms with Crippen molar-refractivity contribution in [2.24, 2.45) is 5.73 Å². The van der Waals surface area contributed by atoms with E-state index in [2.05, 4.69) is 4.90 Å². The van der Waals surface area contributed by atoms with Crippen molar-refractivity contribution in [1.29, 1.82) is 0 Å². The monoisotopic (exact) mass is 227 g/mol. The molecule has 2 N–H and O–H groups in total. The van der Waals surface area contributed by atoms with E-state index >= 15 is 0 Å². The fourth-order valence-electron chi connectivity index (χ4n) is 2.08. The molecular weight excluding hydrogens is 206 g/mol. The van der Waals surface area contributed by atoms with Gasteiger partial charge in [-0.15, -0.1) is 0 Å². The predicted molar refractivity (Wildman–Crippen MR) is 61.0 cm³/mol. The lowest BCUT2D eigenvalue weighted by Crippen LogP contribution is -2.47. The largest absolute Gasteiger partial charge is 0.378 e. The Morgan fingerprint density at radius 3 is 2.62 bits per heavy atom. The number of carbonyl (C=O) groups excluding carboxylic acids is 1. The molecule has 1 saturated heterocycles. The van der Waals surface area contributed by atoms with E-state index < -0.39 is 0 Å². The lowest BCUT2D eigenvalue weighted by Gasteiger charge is -2.29.